The highest BCUT2D eigenvalue weighted by molar-refractivity contribution is 5.82. The molecule has 0 spiro atoms. The van der Waals surface area contributed by atoms with Crippen molar-refractivity contribution >= 4 is 11.8 Å². The summed E-state index contributed by atoms with van der Waals surface area (Å²) in [6.07, 6.45) is 2.85. The molecular formula is C23H26N2O3. The number of amides is 2. The summed E-state index contributed by atoms with van der Waals surface area (Å²) < 4.78 is 5.68. The lowest BCUT2D eigenvalue weighted by atomic mass is 9.94. The number of fused-ring (bicyclic) bond motifs is 1. The quantitative estimate of drug-likeness (QED) is 0.889. The second-order valence-corrected chi connectivity index (χ2v) is 7.58. The average molecular weight is 378 g/mol. The Morgan fingerprint density at radius 2 is 1.82 bits per heavy atom. The fraction of sp³-hybridized carbons (Fsp3) is 0.391. The Morgan fingerprint density at radius 3 is 2.68 bits per heavy atom. The number of piperidine rings is 1. The van der Waals surface area contributed by atoms with Gasteiger partial charge in [-0.05, 0) is 24.5 Å². The van der Waals surface area contributed by atoms with Crippen molar-refractivity contribution in [1.82, 2.24) is 10.2 Å². The summed E-state index contributed by atoms with van der Waals surface area (Å²) >= 11 is 0. The van der Waals surface area contributed by atoms with Gasteiger partial charge in [-0.25, -0.2) is 0 Å². The summed E-state index contributed by atoms with van der Waals surface area (Å²) in [7, 11) is 0. The van der Waals surface area contributed by atoms with E-state index in [-0.39, 0.29) is 23.8 Å². The Morgan fingerprint density at radius 1 is 1.04 bits per heavy atom. The number of likely N-dealkylation sites (tertiary alicyclic amines) is 1. The first-order chi connectivity index (χ1) is 13.7. The molecule has 2 aromatic carbocycles. The van der Waals surface area contributed by atoms with Crippen molar-refractivity contribution < 1.29 is 14.3 Å². The van der Waals surface area contributed by atoms with Gasteiger partial charge in [-0.15, -0.1) is 0 Å². The molecule has 0 bridgehead atoms. The molecule has 0 radical (unpaired) electrons. The second-order valence-electron chi connectivity index (χ2n) is 7.58. The molecule has 0 aliphatic carbocycles. The van der Waals surface area contributed by atoms with Crippen molar-refractivity contribution in [1.29, 1.82) is 0 Å². The highest BCUT2D eigenvalue weighted by Gasteiger charge is 2.31. The van der Waals surface area contributed by atoms with Crippen LogP contribution < -0.4 is 10.1 Å². The predicted molar refractivity (Wildman–Crippen MR) is 107 cm³/mol. The van der Waals surface area contributed by atoms with Crippen molar-refractivity contribution in [2.75, 3.05) is 19.7 Å². The molecule has 1 saturated heterocycles. The Balaban J connectivity index is 1.37. The van der Waals surface area contributed by atoms with Gasteiger partial charge in [-0.2, -0.15) is 0 Å². The number of carbonyl (C=O) groups is 2. The molecule has 2 aromatic rings. The van der Waals surface area contributed by atoms with E-state index in [1.165, 1.54) is 0 Å². The van der Waals surface area contributed by atoms with Gasteiger partial charge in [0.15, 0.2) is 0 Å². The van der Waals surface area contributed by atoms with Crippen LogP contribution in [0.3, 0.4) is 0 Å². The van der Waals surface area contributed by atoms with Crippen LogP contribution in [0.2, 0.25) is 0 Å². The zero-order chi connectivity index (χ0) is 19.3. The van der Waals surface area contributed by atoms with Gasteiger partial charge < -0.3 is 15.0 Å². The minimum Gasteiger partial charge on any atom is -0.493 e. The number of nitrogens with zero attached hydrogens (tertiary/aromatic N) is 1. The fourth-order valence-corrected chi connectivity index (χ4v) is 4.08. The molecule has 1 fully saturated rings. The molecule has 5 nitrogen and oxygen atoms in total. The van der Waals surface area contributed by atoms with Gasteiger partial charge in [0.25, 0.3) is 0 Å². The standard InChI is InChI=1S/C23H26N2O3/c26-22(15-17-7-2-1-3-8-17)25-13-6-9-18(16-25)23(27)24-20-12-14-28-21-11-5-4-10-19(20)21/h1-5,7-8,10-11,18,20H,6,9,12-16H2,(H,24,27). The van der Waals surface area contributed by atoms with Crippen LogP contribution in [0.5, 0.6) is 5.75 Å². The molecule has 2 aliphatic heterocycles. The lowest BCUT2D eigenvalue weighted by Crippen LogP contribution is -2.46. The van der Waals surface area contributed by atoms with E-state index in [1.807, 2.05) is 59.5 Å². The normalized spacial score (nSPS) is 21.4. The Bertz CT molecular complexity index is 837. The van der Waals surface area contributed by atoms with Gasteiger partial charge in [-0.1, -0.05) is 48.5 Å². The summed E-state index contributed by atoms with van der Waals surface area (Å²) in [4.78, 5) is 27.4. The highest BCUT2D eigenvalue weighted by Crippen LogP contribution is 2.32. The molecule has 4 rings (SSSR count). The maximum atomic E-state index is 12.9. The van der Waals surface area contributed by atoms with Crippen LogP contribution in [0.15, 0.2) is 54.6 Å². The summed E-state index contributed by atoms with van der Waals surface area (Å²) in [5, 5.41) is 3.20. The van der Waals surface area contributed by atoms with Gasteiger partial charge in [0, 0.05) is 25.1 Å². The first-order valence-corrected chi connectivity index (χ1v) is 10.0. The fourth-order valence-electron chi connectivity index (χ4n) is 4.08. The SMILES string of the molecule is O=C(NC1CCOc2ccccc21)C1CCCN(C(=O)Cc2ccccc2)C1. The number of ether oxygens (including phenoxy) is 1. The van der Waals surface area contributed by atoms with E-state index in [1.54, 1.807) is 0 Å². The van der Waals surface area contributed by atoms with Crippen molar-refractivity contribution in [2.24, 2.45) is 5.92 Å². The molecular weight excluding hydrogens is 352 g/mol. The monoisotopic (exact) mass is 378 g/mol. The van der Waals surface area contributed by atoms with Crippen LogP contribution in [-0.2, 0) is 16.0 Å². The van der Waals surface area contributed by atoms with Crippen LogP contribution in [-0.4, -0.2) is 36.4 Å². The van der Waals surface area contributed by atoms with E-state index in [0.29, 0.717) is 19.6 Å². The maximum Gasteiger partial charge on any atom is 0.227 e. The number of hydrogen-bond donors (Lipinski definition) is 1. The molecule has 1 N–H and O–H groups in total. The summed E-state index contributed by atoms with van der Waals surface area (Å²) in [5.74, 6) is 0.838. The summed E-state index contributed by atoms with van der Waals surface area (Å²) in [5.41, 5.74) is 2.05. The Hall–Kier alpha value is -2.82. The van der Waals surface area contributed by atoms with E-state index in [0.717, 1.165) is 42.7 Å². The Labute approximate surface area is 165 Å². The largest absolute Gasteiger partial charge is 0.493 e. The lowest BCUT2D eigenvalue weighted by molar-refractivity contribution is -0.135. The molecule has 0 saturated carbocycles. The number of nitrogens with one attached hydrogen (secondary N) is 1. The zero-order valence-electron chi connectivity index (χ0n) is 16.0. The minimum absolute atomic E-state index is 0.0205. The molecule has 2 unspecified atom stereocenters. The smallest absolute Gasteiger partial charge is 0.227 e. The first-order valence-electron chi connectivity index (χ1n) is 10.0. The molecule has 2 amide bonds. The second kappa shape index (κ2) is 8.46. The third-order valence-electron chi connectivity index (χ3n) is 5.62. The average Bonchev–Trinajstić information content (AvgIpc) is 2.75. The van der Waals surface area contributed by atoms with Crippen LogP contribution >= 0.6 is 0 Å². The van der Waals surface area contributed by atoms with Gasteiger partial charge in [-0.3, -0.25) is 9.59 Å². The van der Waals surface area contributed by atoms with Crippen molar-refractivity contribution in [3.63, 3.8) is 0 Å². The molecule has 0 aromatic heterocycles. The topological polar surface area (TPSA) is 58.6 Å². The highest BCUT2D eigenvalue weighted by atomic mass is 16.5. The molecule has 5 heteroatoms. The third-order valence-corrected chi connectivity index (χ3v) is 5.62. The molecule has 28 heavy (non-hydrogen) atoms. The van der Waals surface area contributed by atoms with E-state index < -0.39 is 0 Å². The lowest BCUT2D eigenvalue weighted by Gasteiger charge is -2.34. The molecule has 2 heterocycles. The Kier molecular flexibility index (Phi) is 5.60. The van der Waals surface area contributed by atoms with Gasteiger partial charge in [0.1, 0.15) is 5.75 Å². The number of hydrogen-bond acceptors (Lipinski definition) is 3. The number of rotatable bonds is 4. The number of carbonyl (C=O) groups excluding carboxylic acids is 2. The van der Waals surface area contributed by atoms with E-state index in [9.17, 15) is 9.59 Å². The van der Waals surface area contributed by atoms with Crippen molar-refractivity contribution in [3.8, 4) is 5.75 Å². The van der Waals surface area contributed by atoms with E-state index >= 15 is 0 Å². The van der Waals surface area contributed by atoms with Gasteiger partial charge >= 0.3 is 0 Å². The molecule has 2 atom stereocenters. The number of para-hydroxylation sites is 1. The van der Waals surface area contributed by atoms with Crippen molar-refractivity contribution in [3.05, 3.63) is 65.7 Å². The summed E-state index contributed by atoms with van der Waals surface area (Å²) in [6, 6.07) is 17.6. The molecule has 146 valence electrons. The first kappa shape index (κ1) is 18.5. The van der Waals surface area contributed by atoms with Gasteiger partial charge in [0.05, 0.1) is 25.0 Å². The maximum absolute atomic E-state index is 12.9. The van der Waals surface area contributed by atoms with E-state index in [4.69, 9.17) is 4.74 Å². The predicted octanol–water partition coefficient (Wildman–Crippen LogP) is 3.11. The van der Waals surface area contributed by atoms with E-state index in [2.05, 4.69) is 5.32 Å². The molecule has 2 aliphatic rings. The van der Waals surface area contributed by atoms with Gasteiger partial charge in [0.2, 0.25) is 11.8 Å². The van der Waals surface area contributed by atoms with Crippen LogP contribution in [0.1, 0.15) is 36.4 Å². The third kappa shape index (κ3) is 4.19. The number of benzene rings is 2. The van der Waals surface area contributed by atoms with Crippen molar-refractivity contribution in [2.45, 2.75) is 31.7 Å². The minimum atomic E-state index is -0.150. The zero-order valence-corrected chi connectivity index (χ0v) is 16.0. The van der Waals surface area contributed by atoms with Crippen LogP contribution in [0.4, 0.5) is 0 Å². The van der Waals surface area contributed by atoms with Crippen LogP contribution in [0, 0.1) is 5.92 Å². The van der Waals surface area contributed by atoms with Crippen LogP contribution in [0.25, 0.3) is 0 Å². The summed E-state index contributed by atoms with van der Waals surface area (Å²) in [6.45, 7) is 1.84.